The Balaban J connectivity index is 1.66. The summed E-state index contributed by atoms with van der Waals surface area (Å²) >= 11 is 0. The van der Waals surface area contributed by atoms with Crippen LogP contribution >= 0.6 is 0 Å². The van der Waals surface area contributed by atoms with Gasteiger partial charge >= 0.3 is 6.03 Å². The summed E-state index contributed by atoms with van der Waals surface area (Å²) in [6.07, 6.45) is 1.04. The van der Waals surface area contributed by atoms with E-state index >= 15 is 0 Å². The Morgan fingerprint density at radius 1 is 1.06 bits per heavy atom. The summed E-state index contributed by atoms with van der Waals surface area (Å²) in [5.41, 5.74) is 2.87. The van der Waals surface area contributed by atoms with Crippen LogP contribution in [-0.2, 0) is 24.2 Å². The van der Waals surface area contributed by atoms with Crippen molar-refractivity contribution in [3.63, 3.8) is 0 Å². The number of ether oxygens (including phenoxy) is 1. The number of benzene rings is 1. The number of fused-ring (bicyclic) bond motifs is 1. The molecule has 9 heteroatoms. The zero-order valence-electron chi connectivity index (χ0n) is 19.3. The molecule has 0 radical (unpaired) electrons. The Labute approximate surface area is 188 Å². The lowest BCUT2D eigenvalue weighted by Crippen LogP contribution is -2.64. The molecule has 4 rings (SSSR count). The van der Waals surface area contributed by atoms with Gasteiger partial charge in [0.2, 0.25) is 5.96 Å². The lowest BCUT2D eigenvalue weighted by Gasteiger charge is -2.41. The minimum atomic E-state index is -0.574. The fraction of sp³-hybridized carbons (Fsp3) is 0.478. The zero-order valence-corrected chi connectivity index (χ0v) is 19.3. The molecule has 0 N–H and O–H groups in total. The lowest BCUT2D eigenvalue weighted by molar-refractivity contribution is -0.138. The van der Waals surface area contributed by atoms with Crippen LogP contribution in [0.5, 0.6) is 5.75 Å². The number of carbonyl (C=O) groups excluding carboxylic acids is 2. The van der Waals surface area contributed by atoms with Crippen LogP contribution in [0.1, 0.15) is 37.7 Å². The van der Waals surface area contributed by atoms with E-state index in [0.29, 0.717) is 12.5 Å². The van der Waals surface area contributed by atoms with Crippen molar-refractivity contribution in [2.24, 2.45) is 4.99 Å². The molecule has 0 aliphatic carbocycles. The van der Waals surface area contributed by atoms with E-state index in [4.69, 9.17) is 14.8 Å². The molecule has 0 saturated carbocycles. The van der Waals surface area contributed by atoms with E-state index in [9.17, 15) is 9.59 Å². The third kappa shape index (κ3) is 3.51. The fourth-order valence-corrected chi connectivity index (χ4v) is 4.31. The molecule has 0 spiro atoms. The number of aliphatic imine (C=N–C) groups is 1. The zero-order chi connectivity index (χ0) is 23.0. The van der Waals surface area contributed by atoms with Gasteiger partial charge in [0.25, 0.3) is 5.91 Å². The standard InChI is InChI=1S/C23H30N6O3/c1-6-16-13-17(7-2)29(25-16)22-24-20-19(27(22)8-3)21(30)28(23(31)26(20)4)14-15-9-11-18(32-5)12-10-15/h9-13,19-20H,6-8,14H2,1-5H3. The predicted molar refractivity (Wildman–Crippen MR) is 120 cm³/mol. The Hall–Kier alpha value is -3.36. The van der Waals surface area contributed by atoms with Crippen molar-refractivity contribution in [2.75, 3.05) is 20.7 Å². The lowest BCUT2D eigenvalue weighted by atomic mass is 10.1. The number of hydrogen-bond donors (Lipinski definition) is 0. The number of rotatable bonds is 6. The highest BCUT2D eigenvalue weighted by Gasteiger charge is 2.52. The molecule has 3 heterocycles. The fourth-order valence-electron chi connectivity index (χ4n) is 4.31. The molecule has 1 aromatic heterocycles. The molecule has 1 aromatic carbocycles. The van der Waals surface area contributed by atoms with Gasteiger partial charge in [-0.05, 0) is 43.5 Å². The molecule has 32 heavy (non-hydrogen) atoms. The number of imide groups is 1. The average Bonchev–Trinajstić information content (AvgIpc) is 3.41. The van der Waals surface area contributed by atoms with Crippen LogP contribution in [0.4, 0.5) is 4.79 Å². The maximum absolute atomic E-state index is 13.6. The molecule has 2 atom stereocenters. The Morgan fingerprint density at radius 3 is 2.38 bits per heavy atom. The second-order valence-corrected chi connectivity index (χ2v) is 7.99. The summed E-state index contributed by atoms with van der Waals surface area (Å²) in [6.45, 7) is 6.90. The van der Waals surface area contributed by atoms with Crippen molar-refractivity contribution in [1.82, 2.24) is 24.5 Å². The SMILES string of the molecule is CCc1cc(CC)n(C2=NC3C(C(=O)N(Cc4ccc(OC)cc4)C(=O)N3C)N2CC)n1. The molecule has 2 aliphatic heterocycles. The number of nitrogens with zero attached hydrogens (tertiary/aromatic N) is 6. The molecule has 2 aromatic rings. The maximum Gasteiger partial charge on any atom is 0.328 e. The van der Waals surface area contributed by atoms with E-state index in [1.807, 2.05) is 40.8 Å². The van der Waals surface area contributed by atoms with Gasteiger partial charge in [-0.15, -0.1) is 0 Å². The molecular formula is C23H30N6O3. The van der Waals surface area contributed by atoms with Crippen molar-refractivity contribution < 1.29 is 14.3 Å². The van der Waals surface area contributed by atoms with E-state index in [-0.39, 0.29) is 18.5 Å². The van der Waals surface area contributed by atoms with Gasteiger partial charge in [-0.1, -0.05) is 26.0 Å². The van der Waals surface area contributed by atoms with Gasteiger partial charge in [-0.3, -0.25) is 9.69 Å². The van der Waals surface area contributed by atoms with Crippen molar-refractivity contribution in [2.45, 2.75) is 52.4 Å². The molecule has 3 amide bonds. The highest BCUT2D eigenvalue weighted by molar-refractivity contribution is 6.04. The molecule has 2 aliphatic rings. The van der Waals surface area contributed by atoms with Crippen LogP contribution in [0.3, 0.4) is 0 Å². The summed E-state index contributed by atoms with van der Waals surface area (Å²) in [7, 11) is 3.31. The monoisotopic (exact) mass is 438 g/mol. The minimum absolute atomic E-state index is 0.198. The molecule has 170 valence electrons. The number of amides is 3. The molecule has 9 nitrogen and oxygen atoms in total. The van der Waals surface area contributed by atoms with E-state index in [0.717, 1.165) is 35.5 Å². The second kappa shape index (κ2) is 8.64. The number of hydrogen-bond acceptors (Lipinski definition) is 6. The molecule has 2 unspecified atom stereocenters. The highest BCUT2D eigenvalue weighted by atomic mass is 16.5. The Bertz CT molecular complexity index is 1040. The van der Waals surface area contributed by atoms with Gasteiger partial charge < -0.3 is 14.5 Å². The van der Waals surface area contributed by atoms with Gasteiger partial charge in [-0.2, -0.15) is 5.10 Å². The molecule has 0 bridgehead atoms. The average molecular weight is 439 g/mol. The first-order valence-corrected chi connectivity index (χ1v) is 11.1. The van der Waals surface area contributed by atoms with Crippen molar-refractivity contribution in [3.8, 4) is 5.75 Å². The van der Waals surface area contributed by atoms with Crippen LogP contribution in [0.2, 0.25) is 0 Å². The highest BCUT2D eigenvalue weighted by Crippen LogP contribution is 2.29. The first kappa shape index (κ1) is 21.9. The third-order valence-corrected chi connectivity index (χ3v) is 6.16. The Morgan fingerprint density at radius 2 is 1.78 bits per heavy atom. The number of aryl methyl sites for hydroxylation is 2. The number of carbonyl (C=O) groups is 2. The maximum atomic E-state index is 13.6. The van der Waals surface area contributed by atoms with Crippen LogP contribution in [-0.4, -0.2) is 75.3 Å². The predicted octanol–water partition coefficient (Wildman–Crippen LogP) is 2.34. The second-order valence-electron chi connectivity index (χ2n) is 7.99. The van der Waals surface area contributed by atoms with Crippen molar-refractivity contribution in [1.29, 1.82) is 0 Å². The summed E-state index contributed by atoms with van der Waals surface area (Å²) in [5.74, 6) is 1.11. The van der Waals surface area contributed by atoms with Crippen molar-refractivity contribution >= 4 is 17.9 Å². The topological polar surface area (TPSA) is 83.3 Å². The summed E-state index contributed by atoms with van der Waals surface area (Å²) in [5, 5.41) is 4.71. The van der Waals surface area contributed by atoms with Gasteiger partial charge in [0.05, 0.1) is 19.3 Å². The van der Waals surface area contributed by atoms with Crippen molar-refractivity contribution in [3.05, 3.63) is 47.3 Å². The first-order chi connectivity index (χ1) is 15.4. The summed E-state index contributed by atoms with van der Waals surface area (Å²) < 4.78 is 7.03. The smallest absolute Gasteiger partial charge is 0.328 e. The molecule has 1 saturated heterocycles. The van der Waals surface area contributed by atoms with E-state index < -0.39 is 12.2 Å². The quantitative estimate of drug-likeness (QED) is 0.691. The number of methoxy groups -OCH3 is 1. The number of likely N-dealkylation sites (N-methyl/N-ethyl adjacent to an activating group) is 2. The third-order valence-electron chi connectivity index (χ3n) is 6.16. The van der Waals surface area contributed by atoms with Crippen LogP contribution in [0, 0.1) is 0 Å². The first-order valence-electron chi connectivity index (χ1n) is 11.1. The Kier molecular flexibility index (Phi) is 5.90. The van der Waals surface area contributed by atoms with E-state index in [1.165, 1.54) is 4.90 Å². The van der Waals surface area contributed by atoms with Crippen LogP contribution < -0.4 is 4.74 Å². The van der Waals surface area contributed by atoms with Gasteiger partial charge in [0, 0.05) is 19.3 Å². The summed E-state index contributed by atoms with van der Waals surface area (Å²) in [6, 6.07) is 8.53. The van der Waals surface area contributed by atoms with Crippen LogP contribution in [0.25, 0.3) is 0 Å². The van der Waals surface area contributed by atoms with Gasteiger partial charge in [0.15, 0.2) is 12.2 Å². The largest absolute Gasteiger partial charge is 0.497 e. The van der Waals surface area contributed by atoms with Gasteiger partial charge in [-0.25, -0.2) is 14.5 Å². The number of urea groups is 1. The van der Waals surface area contributed by atoms with E-state index in [1.54, 1.807) is 19.1 Å². The number of aromatic nitrogens is 2. The minimum Gasteiger partial charge on any atom is -0.497 e. The van der Waals surface area contributed by atoms with Gasteiger partial charge in [0.1, 0.15) is 5.75 Å². The molecular weight excluding hydrogens is 408 g/mol. The van der Waals surface area contributed by atoms with Crippen LogP contribution in [0.15, 0.2) is 35.3 Å². The van der Waals surface area contributed by atoms with E-state index in [2.05, 4.69) is 19.9 Å². The normalized spacial score (nSPS) is 20.7. The molecule has 1 fully saturated rings. The summed E-state index contributed by atoms with van der Waals surface area (Å²) in [4.78, 5) is 36.3.